The van der Waals surface area contributed by atoms with Crippen molar-refractivity contribution in [1.29, 1.82) is 0 Å². The van der Waals surface area contributed by atoms with Crippen LogP contribution in [0.5, 0.6) is 0 Å². The Hall–Kier alpha value is -1.66. The molecule has 0 aliphatic rings. The lowest BCUT2D eigenvalue weighted by Gasteiger charge is -2.16. The van der Waals surface area contributed by atoms with Gasteiger partial charge in [0.2, 0.25) is 10.0 Å². The third-order valence-electron chi connectivity index (χ3n) is 4.36. The van der Waals surface area contributed by atoms with E-state index < -0.39 is 10.0 Å². The van der Waals surface area contributed by atoms with Crippen molar-refractivity contribution in [3.05, 3.63) is 45.8 Å². The van der Waals surface area contributed by atoms with Crippen LogP contribution in [0.3, 0.4) is 0 Å². The Labute approximate surface area is 132 Å². The van der Waals surface area contributed by atoms with E-state index in [0.29, 0.717) is 4.90 Å². The van der Waals surface area contributed by atoms with E-state index in [9.17, 15) is 8.42 Å². The van der Waals surface area contributed by atoms with E-state index in [1.54, 1.807) is 10.9 Å². The van der Waals surface area contributed by atoms with E-state index >= 15 is 0 Å². The molecule has 0 aliphatic heterocycles. The molecule has 120 valence electrons. The predicted octanol–water partition coefficient (Wildman–Crippen LogP) is 2.44. The third-order valence-corrected chi connectivity index (χ3v) is 6.03. The molecule has 1 heterocycles. The molecule has 2 rings (SSSR count). The molecule has 0 bridgehead atoms. The molecule has 0 spiro atoms. The molecule has 22 heavy (non-hydrogen) atoms. The van der Waals surface area contributed by atoms with Gasteiger partial charge in [0, 0.05) is 24.8 Å². The van der Waals surface area contributed by atoms with Crippen LogP contribution in [0.4, 0.5) is 0 Å². The summed E-state index contributed by atoms with van der Waals surface area (Å²) in [6, 6.07) is 2.02. The minimum atomic E-state index is -3.56. The first kappa shape index (κ1) is 16.7. The molecule has 0 amide bonds. The van der Waals surface area contributed by atoms with Crippen molar-refractivity contribution in [2.24, 2.45) is 7.05 Å². The number of sulfonamides is 1. The van der Waals surface area contributed by atoms with Crippen LogP contribution >= 0.6 is 0 Å². The van der Waals surface area contributed by atoms with Crippen molar-refractivity contribution in [2.75, 3.05) is 0 Å². The van der Waals surface area contributed by atoms with Crippen LogP contribution < -0.4 is 4.72 Å². The Kier molecular flexibility index (Phi) is 4.44. The van der Waals surface area contributed by atoms with Crippen LogP contribution in [-0.2, 0) is 23.6 Å². The monoisotopic (exact) mass is 321 g/mol. The number of nitrogens with zero attached hydrogens (tertiary/aromatic N) is 2. The highest BCUT2D eigenvalue weighted by Crippen LogP contribution is 2.26. The molecular formula is C16H23N3O2S. The van der Waals surface area contributed by atoms with Crippen molar-refractivity contribution in [3.8, 4) is 0 Å². The van der Waals surface area contributed by atoms with Crippen molar-refractivity contribution in [2.45, 2.75) is 46.1 Å². The molecule has 0 unspecified atom stereocenters. The maximum Gasteiger partial charge on any atom is 0.241 e. The van der Waals surface area contributed by atoms with Gasteiger partial charge in [0.05, 0.1) is 11.1 Å². The van der Waals surface area contributed by atoms with Gasteiger partial charge in [-0.2, -0.15) is 5.10 Å². The fraction of sp³-hybridized carbons (Fsp3) is 0.438. The lowest BCUT2D eigenvalue weighted by Crippen LogP contribution is -2.25. The second-order valence-electron chi connectivity index (χ2n) is 5.79. The molecule has 0 aliphatic carbocycles. The van der Waals surface area contributed by atoms with Crippen molar-refractivity contribution in [1.82, 2.24) is 14.5 Å². The molecule has 6 heteroatoms. The molecule has 2 aromatic rings. The summed E-state index contributed by atoms with van der Waals surface area (Å²) in [7, 11) is -1.72. The summed E-state index contributed by atoms with van der Waals surface area (Å²) in [6.07, 6.45) is 1.69. The van der Waals surface area contributed by atoms with Gasteiger partial charge in [-0.25, -0.2) is 13.1 Å². The Morgan fingerprint density at radius 3 is 2.09 bits per heavy atom. The van der Waals surface area contributed by atoms with Crippen molar-refractivity contribution in [3.63, 3.8) is 0 Å². The van der Waals surface area contributed by atoms with Crippen molar-refractivity contribution < 1.29 is 8.42 Å². The molecule has 0 radical (unpaired) electrons. The van der Waals surface area contributed by atoms with Gasteiger partial charge in [-0.15, -0.1) is 0 Å². The number of rotatable bonds is 4. The Morgan fingerprint density at radius 2 is 1.64 bits per heavy atom. The van der Waals surface area contributed by atoms with E-state index in [1.165, 1.54) is 0 Å². The second-order valence-corrected chi connectivity index (χ2v) is 7.50. The van der Waals surface area contributed by atoms with E-state index in [4.69, 9.17) is 0 Å². The van der Waals surface area contributed by atoms with Gasteiger partial charge in [0.1, 0.15) is 0 Å². The number of aryl methyl sites for hydroxylation is 3. The zero-order valence-electron chi connectivity index (χ0n) is 14.0. The summed E-state index contributed by atoms with van der Waals surface area (Å²) in [5.74, 6) is 0. The first-order valence-corrected chi connectivity index (χ1v) is 8.68. The standard InChI is InChI=1S/C16H23N3O2S/c1-10-7-11(2)13(4)16(12(10)3)22(20,21)18-9-15-8-17-19(6)14(15)5/h7-8,18H,9H2,1-6H3. The van der Waals surface area contributed by atoms with Crippen molar-refractivity contribution >= 4 is 10.0 Å². The number of hydrogen-bond acceptors (Lipinski definition) is 3. The van der Waals surface area contributed by atoms with E-state index in [-0.39, 0.29) is 6.54 Å². The highest BCUT2D eigenvalue weighted by atomic mass is 32.2. The second kappa shape index (κ2) is 5.85. The van der Waals surface area contributed by atoms with Gasteiger partial charge in [-0.1, -0.05) is 6.07 Å². The van der Waals surface area contributed by atoms with Gasteiger partial charge in [0.15, 0.2) is 0 Å². The van der Waals surface area contributed by atoms with Crippen LogP contribution in [0.2, 0.25) is 0 Å². The molecule has 5 nitrogen and oxygen atoms in total. The van der Waals surface area contributed by atoms with E-state index in [0.717, 1.165) is 33.5 Å². The summed E-state index contributed by atoms with van der Waals surface area (Å²) in [5, 5.41) is 4.13. The lowest BCUT2D eigenvalue weighted by molar-refractivity contribution is 0.579. The molecule has 0 saturated heterocycles. The van der Waals surface area contributed by atoms with E-state index in [1.807, 2.05) is 47.7 Å². The summed E-state index contributed by atoms with van der Waals surface area (Å²) in [4.78, 5) is 0.395. The average molecular weight is 321 g/mol. The predicted molar refractivity (Wildman–Crippen MR) is 87.4 cm³/mol. The first-order valence-electron chi connectivity index (χ1n) is 7.19. The molecule has 0 saturated carbocycles. The lowest BCUT2D eigenvalue weighted by atomic mass is 10.0. The summed E-state index contributed by atoms with van der Waals surface area (Å²) in [6.45, 7) is 9.74. The molecule has 0 atom stereocenters. The summed E-state index contributed by atoms with van der Waals surface area (Å²) >= 11 is 0. The maximum atomic E-state index is 12.7. The zero-order chi connectivity index (χ0) is 16.7. The highest BCUT2D eigenvalue weighted by Gasteiger charge is 2.22. The molecule has 1 aromatic heterocycles. The Morgan fingerprint density at radius 1 is 1.09 bits per heavy atom. The first-order chi connectivity index (χ1) is 10.1. The summed E-state index contributed by atoms with van der Waals surface area (Å²) in [5.41, 5.74) is 5.42. The van der Waals surface area contributed by atoms with Gasteiger partial charge in [0.25, 0.3) is 0 Å². The zero-order valence-corrected chi connectivity index (χ0v) is 14.8. The topological polar surface area (TPSA) is 64.0 Å². The number of nitrogens with one attached hydrogen (secondary N) is 1. The highest BCUT2D eigenvalue weighted by molar-refractivity contribution is 7.89. The Balaban J connectivity index is 2.38. The fourth-order valence-corrected chi connectivity index (χ4v) is 4.16. The minimum Gasteiger partial charge on any atom is -0.273 e. The molecule has 0 fully saturated rings. The third kappa shape index (κ3) is 2.94. The minimum absolute atomic E-state index is 0.244. The Bertz CT molecular complexity index is 794. The van der Waals surface area contributed by atoms with Crippen LogP contribution in [0.25, 0.3) is 0 Å². The number of aromatic nitrogens is 2. The fourth-order valence-electron chi connectivity index (χ4n) is 2.55. The van der Waals surface area contributed by atoms with Crippen LogP contribution in [-0.4, -0.2) is 18.2 Å². The quantitative estimate of drug-likeness (QED) is 0.941. The molecular weight excluding hydrogens is 298 g/mol. The smallest absolute Gasteiger partial charge is 0.241 e. The number of benzene rings is 1. The van der Waals surface area contributed by atoms with Gasteiger partial charge >= 0.3 is 0 Å². The van der Waals surface area contributed by atoms with Gasteiger partial charge < -0.3 is 0 Å². The van der Waals surface area contributed by atoms with Gasteiger partial charge in [-0.05, 0) is 56.9 Å². The largest absolute Gasteiger partial charge is 0.273 e. The maximum absolute atomic E-state index is 12.7. The normalized spacial score (nSPS) is 11.9. The van der Waals surface area contributed by atoms with Crippen LogP contribution in [0.15, 0.2) is 17.2 Å². The molecule has 1 N–H and O–H groups in total. The van der Waals surface area contributed by atoms with Crippen LogP contribution in [0.1, 0.15) is 33.5 Å². The van der Waals surface area contributed by atoms with E-state index in [2.05, 4.69) is 9.82 Å². The average Bonchev–Trinajstić information content (AvgIpc) is 2.74. The number of hydrogen-bond donors (Lipinski definition) is 1. The van der Waals surface area contributed by atoms with Crippen LogP contribution in [0, 0.1) is 34.6 Å². The van der Waals surface area contributed by atoms with Gasteiger partial charge in [-0.3, -0.25) is 4.68 Å². The summed E-state index contributed by atoms with van der Waals surface area (Å²) < 4.78 is 29.9. The SMILES string of the molecule is Cc1cc(C)c(C)c(S(=O)(=O)NCc2cnn(C)c2C)c1C. The molecule has 1 aromatic carbocycles.